The van der Waals surface area contributed by atoms with Gasteiger partial charge in [0.25, 0.3) is 0 Å². The van der Waals surface area contributed by atoms with E-state index in [0.29, 0.717) is 0 Å². The van der Waals surface area contributed by atoms with Crippen molar-refractivity contribution < 1.29 is 0 Å². The molecule has 0 atom stereocenters. The number of nitrogens with one attached hydrogen (secondary N) is 2. The lowest BCUT2D eigenvalue weighted by molar-refractivity contribution is 0.660. The highest BCUT2D eigenvalue weighted by molar-refractivity contribution is 6.32. The molecule has 24 rings (SSSR count). The van der Waals surface area contributed by atoms with Gasteiger partial charge >= 0.3 is 0 Å². The van der Waals surface area contributed by atoms with E-state index in [-0.39, 0.29) is 5.41 Å². The Morgan fingerprint density at radius 3 is 1.40 bits per heavy atom. The molecule has 0 amide bonds. The zero-order chi connectivity index (χ0) is 80.5. The van der Waals surface area contributed by atoms with Crippen LogP contribution in [0.5, 0.6) is 0 Å². The smallest absolute Gasteiger partial charge is 0.137 e. The van der Waals surface area contributed by atoms with Gasteiger partial charge in [-0.2, -0.15) is 0 Å². The Balaban J connectivity index is 0.000000111. The van der Waals surface area contributed by atoms with Crippen molar-refractivity contribution >= 4 is 131 Å². The van der Waals surface area contributed by atoms with Crippen LogP contribution in [0.15, 0.2) is 437 Å². The topological polar surface area (TPSA) is 51.7 Å². The summed E-state index contributed by atoms with van der Waals surface area (Å²) < 4.78 is 7.21. The summed E-state index contributed by atoms with van der Waals surface area (Å²) in [6.07, 6.45) is 2.75. The number of pyridine rings is 1. The Hall–Kier alpha value is -15.6. The molecule has 6 nitrogen and oxygen atoms in total. The average Bonchev–Trinajstić information content (AvgIpc) is 1.54. The highest BCUT2D eigenvalue weighted by atomic mass is 15.1. The van der Waals surface area contributed by atoms with E-state index in [1.165, 1.54) is 187 Å². The Labute approximate surface area is 702 Å². The molecule has 0 saturated heterocycles. The van der Waals surface area contributed by atoms with Gasteiger partial charge in [-0.15, -0.1) is 0 Å². The van der Waals surface area contributed by atoms with Crippen molar-refractivity contribution in [1.29, 1.82) is 0 Å². The number of aromatic nitrogens is 4. The van der Waals surface area contributed by atoms with Gasteiger partial charge in [0, 0.05) is 88.8 Å². The number of nitrogens with zero attached hydrogens (tertiary/aromatic N) is 4. The number of fused-ring (bicyclic) bond motifs is 20. The molecule has 4 heterocycles. The second-order valence-electron chi connectivity index (χ2n) is 32.3. The molecular weight excluding hydrogens is 1470 g/mol. The molecule has 0 saturated carbocycles. The van der Waals surface area contributed by atoms with Gasteiger partial charge in [-0.05, 0) is 221 Å². The van der Waals surface area contributed by atoms with Crippen molar-refractivity contribution in [2.45, 2.75) is 25.7 Å². The van der Waals surface area contributed by atoms with Gasteiger partial charge in [-0.1, -0.05) is 329 Å². The lowest BCUT2D eigenvalue weighted by Gasteiger charge is -2.22. The van der Waals surface area contributed by atoms with Crippen molar-refractivity contribution in [1.82, 2.24) is 18.7 Å². The first-order valence-electron chi connectivity index (χ1n) is 41.8. The summed E-state index contributed by atoms with van der Waals surface area (Å²) in [5.41, 5.74) is 29.3. The molecule has 0 spiro atoms. The van der Waals surface area contributed by atoms with Gasteiger partial charge in [0.05, 0.1) is 33.1 Å². The molecule has 1 aliphatic rings. The number of para-hydroxylation sites is 1. The summed E-state index contributed by atoms with van der Waals surface area (Å²) in [6.45, 7) is 4.72. The fourth-order valence-corrected chi connectivity index (χ4v) is 19.0. The third-order valence-corrected chi connectivity index (χ3v) is 24.7. The molecule has 0 unspecified atom stereocenters. The normalized spacial score (nSPS) is 12.1. The SMILES string of the molecule is CC1(C)c2ccccc2-c2ccc(-n3c4ccc(Nc5ccc(-c6ccccc6)cc5)cc4c4c5ccccc5c5ccccc5c43)cc21.c1ccc(-c2ccc(Nc3ccc4c(c3)c3cc5ccccc5cc3n4-c3ccccc3)cc2)cc1.c1ccc(-c2cccc(Cc3ccc4c5ccc6ccccc6c5n(-c5ccccn5)c4c3)c2)cc1. The summed E-state index contributed by atoms with van der Waals surface area (Å²) in [7, 11) is 0. The van der Waals surface area contributed by atoms with Crippen LogP contribution in [-0.4, -0.2) is 18.7 Å². The minimum absolute atomic E-state index is 0.0807. The lowest BCUT2D eigenvalue weighted by Crippen LogP contribution is -2.15. The van der Waals surface area contributed by atoms with Crippen LogP contribution in [0, 0.1) is 0 Å². The van der Waals surface area contributed by atoms with Gasteiger partial charge in [0.1, 0.15) is 5.82 Å². The van der Waals surface area contributed by atoms with Crippen LogP contribution in [0.25, 0.3) is 170 Å². The second-order valence-corrected chi connectivity index (χ2v) is 32.3. The highest BCUT2D eigenvalue weighted by Crippen LogP contribution is 2.51. The molecule has 0 bridgehead atoms. The first kappa shape index (κ1) is 71.9. The summed E-state index contributed by atoms with van der Waals surface area (Å²) in [4.78, 5) is 4.75. The molecule has 572 valence electrons. The third-order valence-electron chi connectivity index (χ3n) is 24.7. The molecule has 19 aromatic carbocycles. The Bertz CT molecular complexity index is 7900. The third kappa shape index (κ3) is 13.0. The maximum absolute atomic E-state index is 4.75. The lowest BCUT2D eigenvalue weighted by atomic mass is 9.82. The van der Waals surface area contributed by atoms with E-state index < -0.39 is 0 Å². The number of rotatable bonds is 12. The number of anilines is 4. The predicted molar refractivity (Wildman–Crippen MR) is 513 cm³/mol. The van der Waals surface area contributed by atoms with E-state index in [0.717, 1.165) is 35.0 Å². The van der Waals surface area contributed by atoms with E-state index in [4.69, 9.17) is 4.98 Å². The van der Waals surface area contributed by atoms with Crippen LogP contribution in [-0.2, 0) is 11.8 Å². The van der Waals surface area contributed by atoms with Crippen molar-refractivity contribution in [2.24, 2.45) is 0 Å². The molecule has 0 radical (unpaired) electrons. The van der Waals surface area contributed by atoms with E-state index in [1.54, 1.807) is 0 Å². The van der Waals surface area contributed by atoms with Crippen LogP contribution < -0.4 is 10.6 Å². The van der Waals surface area contributed by atoms with Crippen molar-refractivity contribution in [2.75, 3.05) is 10.6 Å². The average molecular weight is 1550 g/mol. The number of hydrogen-bond donors (Lipinski definition) is 2. The van der Waals surface area contributed by atoms with Gasteiger partial charge < -0.3 is 19.8 Å². The van der Waals surface area contributed by atoms with E-state index in [1.807, 2.05) is 18.3 Å². The number of benzene rings is 19. The predicted octanol–water partition coefficient (Wildman–Crippen LogP) is 30.7. The zero-order valence-electron chi connectivity index (χ0n) is 67.1. The monoisotopic (exact) mass is 1550 g/mol. The second kappa shape index (κ2) is 30.1. The first-order valence-corrected chi connectivity index (χ1v) is 41.8. The van der Waals surface area contributed by atoms with Gasteiger partial charge in [0.15, 0.2) is 0 Å². The molecule has 1 aliphatic carbocycles. The molecule has 23 aromatic rings. The Kier molecular flexibility index (Phi) is 17.9. The molecule has 6 heteroatoms. The number of hydrogen-bond acceptors (Lipinski definition) is 3. The summed E-state index contributed by atoms with van der Waals surface area (Å²) in [5, 5.41) is 25.0. The van der Waals surface area contributed by atoms with Gasteiger partial charge in [0.2, 0.25) is 0 Å². The Morgan fingerprint density at radius 2 is 0.736 bits per heavy atom. The maximum Gasteiger partial charge on any atom is 0.137 e. The summed E-state index contributed by atoms with van der Waals surface area (Å²) >= 11 is 0. The highest BCUT2D eigenvalue weighted by Gasteiger charge is 2.36. The van der Waals surface area contributed by atoms with Crippen molar-refractivity contribution in [3.8, 4) is 61.7 Å². The minimum Gasteiger partial charge on any atom is -0.356 e. The van der Waals surface area contributed by atoms with E-state index in [9.17, 15) is 0 Å². The van der Waals surface area contributed by atoms with Crippen molar-refractivity contribution in [3.63, 3.8) is 0 Å². The van der Waals surface area contributed by atoms with E-state index >= 15 is 0 Å². The largest absolute Gasteiger partial charge is 0.356 e. The molecule has 4 aromatic heterocycles. The molecular formula is C115H82N6. The van der Waals surface area contributed by atoms with Crippen LogP contribution in [0.4, 0.5) is 22.7 Å². The fraction of sp³-hybridized carbons (Fsp3) is 0.0348. The van der Waals surface area contributed by atoms with Crippen LogP contribution in [0.3, 0.4) is 0 Å². The van der Waals surface area contributed by atoms with Crippen LogP contribution >= 0.6 is 0 Å². The van der Waals surface area contributed by atoms with Crippen LogP contribution in [0.1, 0.15) is 36.1 Å². The van der Waals surface area contributed by atoms with Crippen molar-refractivity contribution in [3.05, 3.63) is 459 Å². The van der Waals surface area contributed by atoms with Gasteiger partial charge in [-0.25, -0.2) is 4.98 Å². The zero-order valence-corrected chi connectivity index (χ0v) is 67.1. The fourth-order valence-electron chi connectivity index (χ4n) is 19.0. The minimum atomic E-state index is -0.0807. The van der Waals surface area contributed by atoms with Crippen LogP contribution in [0.2, 0.25) is 0 Å². The molecule has 0 aliphatic heterocycles. The molecule has 0 fully saturated rings. The molecule has 121 heavy (non-hydrogen) atoms. The summed E-state index contributed by atoms with van der Waals surface area (Å²) in [6, 6.07) is 155. The standard InChI is InChI=1S/C47H34N2.2C34H24N2/c1-47(2)42-19-11-10-16-37(42)38-26-25-34(29-43(38)47)49-44-27-24-33(48-32-22-20-31(21-23-32)30-12-4-3-5-13-30)28-41(44)45-39-17-8-6-14-35(39)36-15-7-9-18-40(36)46(45)49;1-3-9-24(10-4-1)25-15-17-28(18-16-25)35-29-19-20-33-32(23-29)31-21-26-11-7-8-12-27(26)22-34(31)36(33)30-13-5-2-6-14-30;1-2-10-26(11-3-1)28-13-8-9-24(22-28)21-25-16-18-30-31-19-17-27-12-4-5-14-29(27)34(31)36(32(30)23-25)33-15-6-7-20-35-33/h3-29,48H,1-2H3;1-23,35H;1-20,22-23H,21H2. The van der Waals surface area contributed by atoms with Gasteiger partial charge in [-0.3, -0.25) is 4.57 Å². The first-order chi connectivity index (χ1) is 59.7. The maximum atomic E-state index is 4.75. The van der Waals surface area contributed by atoms with E-state index in [2.05, 4.69) is 457 Å². The summed E-state index contributed by atoms with van der Waals surface area (Å²) in [5.74, 6) is 0.942. The quantitative estimate of drug-likeness (QED) is 0.120. The molecule has 2 N–H and O–H groups in total. The Morgan fingerprint density at radius 1 is 0.248 bits per heavy atom.